The maximum atomic E-state index is 12.0. The second-order valence-electron chi connectivity index (χ2n) is 5.74. The summed E-state index contributed by atoms with van der Waals surface area (Å²) in [7, 11) is -3.47. The van der Waals surface area contributed by atoms with Gasteiger partial charge >= 0.3 is 5.97 Å². The Morgan fingerprint density at radius 1 is 1.50 bits per heavy atom. The Hall–Kier alpha value is -1.45. The van der Waals surface area contributed by atoms with Crippen LogP contribution in [0.15, 0.2) is 11.3 Å². The SMILES string of the molecule is CC(O)C1C(=O)N2C(C(=O)O)=C(CS(=O)(=O)CCCN)CC12. The average Bonchev–Trinajstić information content (AvgIpc) is 2.70. The molecule has 0 spiro atoms. The molecule has 1 fully saturated rings. The van der Waals surface area contributed by atoms with Crippen LogP contribution in [0.3, 0.4) is 0 Å². The van der Waals surface area contributed by atoms with Gasteiger partial charge in [-0.2, -0.15) is 0 Å². The summed E-state index contributed by atoms with van der Waals surface area (Å²) in [5.74, 6) is -2.95. The zero-order valence-electron chi connectivity index (χ0n) is 12.2. The zero-order valence-corrected chi connectivity index (χ0v) is 13.0. The Kier molecular flexibility index (Phi) is 4.59. The monoisotopic (exact) mass is 332 g/mol. The number of rotatable bonds is 7. The number of carbonyl (C=O) groups is 2. The number of fused-ring (bicyclic) bond motifs is 1. The molecule has 0 aliphatic carbocycles. The molecule has 1 saturated heterocycles. The number of nitrogens with zero attached hydrogens (tertiary/aromatic N) is 1. The smallest absolute Gasteiger partial charge is 0.352 e. The Bertz CT molecular complexity index is 624. The van der Waals surface area contributed by atoms with Crippen molar-refractivity contribution in [3.63, 3.8) is 0 Å². The summed E-state index contributed by atoms with van der Waals surface area (Å²) >= 11 is 0. The second-order valence-corrected chi connectivity index (χ2v) is 7.92. The minimum Gasteiger partial charge on any atom is -0.477 e. The molecule has 22 heavy (non-hydrogen) atoms. The van der Waals surface area contributed by atoms with Crippen molar-refractivity contribution in [1.29, 1.82) is 0 Å². The highest BCUT2D eigenvalue weighted by Crippen LogP contribution is 2.43. The molecule has 0 aromatic rings. The molecular weight excluding hydrogens is 312 g/mol. The first-order valence-corrected chi connectivity index (χ1v) is 8.88. The topological polar surface area (TPSA) is 138 Å². The molecule has 2 aliphatic heterocycles. The molecular formula is C13H20N2O6S. The van der Waals surface area contributed by atoms with Crippen LogP contribution in [0.25, 0.3) is 0 Å². The van der Waals surface area contributed by atoms with Crippen LogP contribution < -0.4 is 5.73 Å². The lowest BCUT2D eigenvalue weighted by Gasteiger charge is -2.44. The number of hydrogen-bond donors (Lipinski definition) is 3. The molecule has 1 amide bonds. The molecule has 0 aromatic carbocycles. The lowest BCUT2D eigenvalue weighted by atomic mass is 9.83. The first-order valence-electron chi connectivity index (χ1n) is 7.06. The summed E-state index contributed by atoms with van der Waals surface area (Å²) < 4.78 is 24.0. The van der Waals surface area contributed by atoms with Crippen molar-refractivity contribution in [2.24, 2.45) is 11.7 Å². The number of hydrogen-bond acceptors (Lipinski definition) is 6. The third kappa shape index (κ3) is 2.88. The molecule has 9 heteroatoms. The first-order chi connectivity index (χ1) is 10.2. The molecule has 3 atom stereocenters. The van der Waals surface area contributed by atoms with E-state index in [1.165, 1.54) is 6.92 Å². The Balaban J connectivity index is 2.24. The minimum absolute atomic E-state index is 0.113. The van der Waals surface area contributed by atoms with Gasteiger partial charge in [-0.25, -0.2) is 13.2 Å². The van der Waals surface area contributed by atoms with Crippen molar-refractivity contribution in [3.8, 4) is 0 Å². The number of aliphatic carboxylic acids is 1. The fraction of sp³-hybridized carbons (Fsp3) is 0.692. The van der Waals surface area contributed by atoms with Crippen molar-refractivity contribution >= 4 is 21.7 Å². The van der Waals surface area contributed by atoms with Crippen LogP contribution in [0.4, 0.5) is 0 Å². The number of aliphatic hydroxyl groups is 1. The summed E-state index contributed by atoms with van der Waals surface area (Å²) in [6, 6.07) is -0.460. The molecule has 2 heterocycles. The van der Waals surface area contributed by atoms with Crippen LogP contribution in [-0.4, -0.2) is 65.6 Å². The van der Waals surface area contributed by atoms with Gasteiger partial charge in [0.1, 0.15) is 5.70 Å². The van der Waals surface area contributed by atoms with Gasteiger partial charge in [-0.05, 0) is 31.9 Å². The van der Waals surface area contributed by atoms with Crippen LogP contribution in [-0.2, 0) is 19.4 Å². The van der Waals surface area contributed by atoms with E-state index in [9.17, 15) is 28.2 Å². The van der Waals surface area contributed by atoms with E-state index in [1.54, 1.807) is 0 Å². The predicted octanol–water partition coefficient (Wildman–Crippen LogP) is -1.30. The molecule has 8 nitrogen and oxygen atoms in total. The fourth-order valence-corrected chi connectivity index (χ4v) is 4.67. The largest absolute Gasteiger partial charge is 0.477 e. The molecule has 124 valence electrons. The Labute approximate surface area is 128 Å². The van der Waals surface area contributed by atoms with Crippen LogP contribution in [0.1, 0.15) is 19.8 Å². The van der Waals surface area contributed by atoms with Crippen LogP contribution >= 0.6 is 0 Å². The van der Waals surface area contributed by atoms with E-state index in [0.717, 1.165) is 4.90 Å². The van der Waals surface area contributed by atoms with Crippen molar-refractivity contribution in [2.75, 3.05) is 18.1 Å². The van der Waals surface area contributed by atoms with E-state index in [4.69, 9.17) is 5.73 Å². The maximum Gasteiger partial charge on any atom is 0.352 e. The van der Waals surface area contributed by atoms with Crippen LogP contribution in [0.2, 0.25) is 0 Å². The first kappa shape index (κ1) is 16.9. The number of carboxylic acids is 1. The molecule has 4 N–H and O–H groups in total. The third-order valence-corrected chi connectivity index (χ3v) is 5.77. The van der Waals surface area contributed by atoms with Gasteiger partial charge in [0.15, 0.2) is 9.84 Å². The van der Waals surface area contributed by atoms with Crippen molar-refractivity contribution in [1.82, 2.24) is 4.90 Å². The average molecular weight is 332 g/mol. The van der Waals surface area contributed by atoms with Crippen molar-refractivity contribution < 1.29 is 28.2 Å². The van der Waals surface area contributed by atoms with Gasteiger partial charge in [0, 0.05) is 0 Å². The highest BCUT2D eigenvalue weighted by atomic mass is 32.2. The summed E-state index contributed by atoms with van der Waals surface area (Å²) in [5.41, 5.74) is 5.27. The van der Waals surface area contributed by atoms with Gasteiger partial charge < -0.3 is 20.8 Å². The van der Waals surface area contributed by atoms with Crippen molar-refractivity contribution in [2.45, 2.75) is 31.9 Å². The van der Waals surface area contributed by atoms with E-state index < -0.39 is 39.8 Å². The normalized spacial score (nSPS) is 26.0. The quantitative estimate of drug-likeness (QED) is 0.493. The second kappa shape index (κ2) is 5.98. The number of carbonyl (C=O) groups excluding carboxylic acids is 1. The third-order valence-electron chi connectivity index (χ3n) is 4.08. The van der Waals surface area contributed by atoms with Crippen LogP contribution in [0, 0.1) is 5.92 Å². The predicted molar refractivity (Wildman–Crippen MR) is 77.4 cm³/mol. The van der Waals surface area contributed by atoms with Crippen LogP contribution in [0.5, 0.6) is 0 Å². The van der Waals surface area contributed by atoms with Gasteiger partial charge in [-0.1, -0.05) is 0 Å². The highest BCUT2D eigenvalue weighted by Gasteiger charge is 2.56. The fourth-order valence-electron chi connectivity index (χ4n) is 3.13. The summed E-state index contributed by atoms with van der Waals surface area (Å²) in [4.78, 5) is 24.5. The zero-order chi connectivity index (χ0) is 16.7. The molecule has 2 aliphatic rings. The molecule has 0 saturated carbocycles. The summed E-state index contributed by atoms with van der Waals surface area (Å²) in [6.07, 6.45) is -0.414. The van der Waals surface area contributed by atoms with Gasteiger partial charge in [-0.3, -0.25) is 4.79 Å². The van der Waals surface area contributed by atoms with E-state index in [1.807, 2.05) is 0 Å². The summed E-state index contributed by atoms with van der Waals surface area (Å²) in [6.45, 7) is 1.71. The standard InChI is InChI=1S/C13H20N2O6S/c1-7(16)10-9-5-8(6-22(20,21)4-2-3-14)11(13(18)19)15(9)12(10)17/h7,9-10,16H,2-6,14H2,1H3,(H,18,19). The van der Waals surface area contributed by atoms with E-state index in [0.29, 0.717) is 6.42 Å². The number of carboxylic acid groups (broad SMARTS) is 1. The lowest BCUT2D eigenvalue weighted by Crippen LogP contribution is -2.61. The number of nitrogens with two attached hydrogens (primary N) is 1. The molecule has 0 bridgehead atoms. The van der Waals surface area contributed by atoms with Gasteiger partial charge in [0.25, 0.3) is 0 Å². The van der Waals surface area contributed by atoms with E-state index in [2.05, 4.69) is 0 Å². The molecule has 0 radical (unpaired) electrons. The number of β-lactam (4-membered cyclic amide) rings is 1. The van der Waals surface area contributed by atoms with E-state index >= 15 is 0 Å². The molecule has 0 aromatic heterocycles. The minimum atomic E-state index is -3.47. The van der Waals surface area contributed by atoms with Gasteiger partial charge in [0.2, 0.25) is 5.91 Å². The van der Waals surface area contributed by atoms with Gasteiger partial charge in [0.05, 0.1) is 29.6 Å². The highest BCUT2D eigenvalue weighted by molar-refractivity contribution is 7.91. The maximum absolute atomic E-state index is 12.0. The Morgan fingerprint density at radius 2 is 2.14 bits per heavy atom. The number of sulfone groups is 1. The number of aliphatic hydroxyl groups excluding tert-OH is 1. The van der Waals surface area contributed by atoms with E-state index in [-0.39, 0.29) is 35.7 Å². The Morgan fingerprint density at radius 3 is 2.64 bits per heavy atom. The summed E-state index contributed by atoms with van der Waals surface area (Å²) in [5, 5.41) is 18.9. The van der Waals surface area contributed by atoms with Crippen molar-refractivity contribution in [3.05, 3.63) is 11.3 Å². The molecule has 2 rings (SSSR count). The number of amides is 1. The molecule has 3 unspecified atom stereocenters. The van der Waals surface area contributed by atoms with Gasteiger partial charge in [-0.15, -0.1) is 0 Å². The lowest BCUT2D eigenvalue weighted by molar-refractivity contribution is -0.161.